The summed E-state index contributed by atoms with van der Waals surface area (Å²) in [5.41, 5.74) is 0. The molecule has 0 radical (unpaired) electrons. The third kappa shape index (κ3) is 46.9. The highest BCUT2D eigenvalue weighted by molar-refractivity contribution is 5.80. The first-order valence-electron chi connectivity index (χ1n) is 34.7. The van der Waals surface area contributed by atoms with Gasteiger partial charge in [-0.25, -0.2) is 0 Å². The summed E-state index contributed by atoms with van der Waals surface area (Å²) in [6, 6.07) is -1.03. The minimum atomic E-state index is -1.62. The molecule has 1 aliphatic heterocycles. The number of rotatable bonds is 59. The highest BCUT2D eigenvalue weighted by atomic mass is 16.7. The summed E-state index contributed by atoms with van der Waals surface area (Å²) >= 11 is 0. The summed E-state index contributed by atoms with van der Waals surface area (Å²) in [5, 5.41) is 57.2. The quantitative estimate of drug-likeness (QED) is 0.0195. The van der Waals surface area contributed by atoms with Crippen LogP contribution in [0.4, 0.5) is 0 Å². The van der Waals surface area contributed by atoms with Crippen molar-refractivity contribution in [1.82, 2.24) is 5.32 Å². The van der Waals surface area contributed by atoms with Crippen LogP contribution in [0.25, 0.3) is 0 Å². The lowest BCUT2D eigenvalue weighted by Gasteiger charge is -2.41. The number of aliphatic hydroxyl groups excluding tert-OH is 5. The van der Waals surface area contributed by atoms with Crippen LogP contribution in [0.2, 0.25) is 0 Å². The molecule has 1 amide bonds. The van der Waals surface area contributed by atoms with Crippen LogP contribution in [0.1, 0.15) is 310 Å². The lowest BCUT2D eigenvalue weighted by atomic mass is 9.99. The first-order valence-corrected chi connectivity index (χ1v) is 34.7. The van der Waals surface area contributed by atoms with Gasteiger partial charge in [-0.1, -0.05) is 280 Å². The normalized spacial score (nSPS) is 19.0. The highest BCUT2D eigenvalue weighted by Gasteiger charge is 2.47. The monoisotopic (exact) mass is 1170 g/mol. The zero-order valence-electron chi connectivity index (χ0n) is 53.6. The fourth-order valence-electron chi connectivity index (χ4n) is 10.6. The van der Waals surface area contributed by atoms with Gasteiger partial charge in [-0.2, -0.15) is 0 Å². The van der Waals surface area contributed by atoms with Crippen molar-refractivity contribution in [3.05, 3.63) is 72.9 Å². The Kier molecular flexibility index (Phi) is 55.9. The average Bonchev–Trinajstić information content (AvgIpc) is 3.69. The summed E-state index contributed by atoms with van der Waals surface area (Å²) in [6.07, 6.45) is 66.5. The molecule has 0 aliphatic carbocycles. The van der Waals surface area contributed by atoms with Gasteiger partial charge in [-0.05, 0) is 96.3 Å². The van der Waals surface area contributed by atoms with Crippen LogP contribution in [-0.2, 0) is 23.8 Å². The molecule has 83 heavy (non-hydrogen) atoms. The largest absolute Gasteiger partial charge is 0.454 e. The van der Waals surface area contributed by atoms with Gasteiger partial charge in [0.25, 0.3) is 0 Å². The predicted octanol–water partition coefficient (Wildman–Crippen LogP) is 17.5. The fourth-order valence-corrected chi connectivity index (χ4v) is 10.6. The summed E-state index contributed by atoms with van der Waals surface area (Å²) < 4.78 is 17.7. The van der Waals surface area contributed by atoms with Crippen LogP contribution < -0.4 is 5.32 Å². The maximum absolute atomic E-state index is 13.5. The van der Waals surface area contributed by atoms with Crippen LogP contribution in [0, 0.1) is 0 Å². The van der Waals surface area contributed by atoms with Crippen molar-refractivity contribution in [2.24, 2.45) is 0 Å². The molecule has 482 valence electrons. The Labute approximate surface area is 509 Å². The van der Waals surface area contributed by atoms with Gasteiger partial charge in [0, 0.05) is 6.42 Å². The van der Waals surface area contributed by atoms with Gasteiger partial charge in [0.05, 0.1) is 25.4 Å². The molecule has 11 nitrogen and oxygen atoms in total. The fraction of sp³-hybridized carbons (Fsp3) is 0.806. The Balaban J connectivity index is 2.60. The van der Waals surface area contributed by atoms with Gasteiger partial charge >= 0.3 is 5.97 Å². The van der Waals surface area contributed by atoms with Crippen molar-refractivity contribution in [3.8, 4) is 0 Å². The van der Waals surface area contributed by atoms with E-state index in [2.05, 4.69) is 86.8 Å². The number of aliphatic hydroxyl groups is 5. The van der Waals surface area contributed by atoms with E-state index in [0.29, 0.717) is 12.8 Å². The molecule has 1 rings (SSSR count). The average molecular weight is 1170 g/mol. The Morgan fingerprint density at radius 2 is 0.831 bits per heavy atom. The van der Waals surface area contributed by atoms with Crippen molar-refractivity contribution in [3.63, 3.8) is 0 Å². The van der Waals surface area contributed by atoms with Crippen molar-refractivity contribution < 1.29 is 49.3 Å². The van der Waals surface area contributed by atoms with Gasteiger partial charge in [-0.3, -0.25) is 9.59 Å². The summed E-state index contributed by atoms with van der Waals surface area (Å²) in [6.45, 7) is 5.77. The second kappa shape index (κ2) is 59.4. The molecule has 1 saturated heterocycles. The molecule has 6 N–H and O–H groups in total. The maximum atomic E-state index is 13.5. The molecule has 0 aromatic heterocycles. The van der Waals surface area contributed by atoms with E-state index in [-0.39, 0.29) is 19.4 Å². The number of allylic oxidation sites excluding steroid dienone is 11. The first-order chi connectivity index (χ1) is 40.7. The van der Waals surface area contributed by atoms with E-state index >= 15 is 0 Å². The molecule has 1 heterocycles. The van der Waals surface area contributed by atoms with Crippen LogP contribution in [0.3, 0.4) is 0 Å². The molecule has 11 heteroatoms. The number of carbonyl (C=O) groups excluding carboxylic acids is 2. The van der Waals surface area contributed by atoms with Crippen LogP contribution >= 0.6 is 0 Å². The standard InChI is InChI=1S/C72H129NO10/c1-4-7-10-13-16-19-22-24-26-28-30-32-34-35-37-39-41-44-47-50-53-56-59-65(76)71(80)73-63(64(75)58-55-52-49-46-43-21-18-15-12-9-6-3)62-81-72-70(69(79)68(78)66(61-74)82-72)83-67(77)60-57-54-51-48-45-42-40-38-36-33-31-29-27-25-23-20-17-14-11-8-5-2/h17,20,24-27,31,33,38,40,55,58,63-66,68-70,72,74-76,78-79H,4-16,18-19,21-23,28-30,32,34-37,39,41-54,56-57,59-62H2,1-3H3,(H,73,80)/b20-17-,26-24+,27-25-,33-31-,40-38-,58-55+. The number of hydrogen-bond acceptors (Lipinski definition) is 10. The number of hydrogen-bond donors (Lipinski definition) is 6. The Morgan fingerprint density at radius 3 is 1.28 bits per heavy atom. The molecule has 0 saturated carbocycles. The summed E-state index contributed by atoms with van der Waals surface area (Å²) in [4.78, 5) is 26.6. The third-order valence-electron chi connectivity index (χ3n) is 16.1. The number of unbranched alkanes of at least 4 members (excludes halogenated alkanes) is 35. The zero-order valence-corrected chi connectivity index (χ0v) is 53.6. The van der Waals surface area contributed by atoms with E-state index in [9.17, 15) is 35.1 Å². The Bertz CT molecular complexity index is 1630. The van der Waals surface area contributed by atoms with Gasteiger partial charge in [0.1, 0.15) is 24.4 Å². The molecule has 0 spiro atoms. The summed E-state index contributed by atoms with van der Waals surface area (Å²) in [5.74, 6) is -1.21. The van der Waals surface area contributed by atoms with Gasteiger partial charge in [0.15, 0.2) is 12.4 Å². The first kappa shape index (κ1) is 78.1. The van der Waals surface area contributed by atoms with Crippen LogP contribution in [0.15, 0.2) is 72.9 Å². The minimum Gasteiger partial charge on any atom is -0.454 e. The molecular formula is C72H129NO10. The maximum Gasteiger partial charge on any atom is 0.306 e. The molecule has 0 aromatic carbocycles. The highest BCUT2D eigenvalue weighted by Crippen LogP contribution is 2.26. The van der Waals surface area contributed by atoms with Gasteiger partial charge < -0.3 is 45.1 Å². The smallest absolute Gasteiger partial charge is 0.306 e. The third-order valence-corrected chi connectivity index (χ3v) is 16.1. The lowest BCUT2D eigenvalue weighted by Crippen LogP contribution is -2.61. The van der Waals surface area contributed by atoms with E-state index < -0.39 is 67.4 Å². The van der Waals surface area contributed by atoms with E-state index in [1.165, 1.54) is 173 Å². The molecule has 1 aliphatic rings. The zero-order chi connectivity index (χ0) is 60.3. The van der Waals surface area contributed by atoms with E-state index in [1.807, 2.05) is 6.08 Å². The van der Waals surface area contributed by atoms with E-state index in [1.54, 1.807) is 6.08 Å². The SMILES string of the molecule is CCCCC/C=C\C/C=C\C/C=C\C/C=C\CCCCCCCC(=O)OC1C(OCC(NC(=O)C(O)CCCCCCCCCCCCCC/C=C/CCCCCCCC)C(O)/C=C/CCCCCCCCCCC)OC(CO)C(O)C1O. The summed E-state index contributed by atoms with van der Waals surface area (Å²) in [7, 11) is 0. The molecule has 0 bridgehead atoms. The van der Waals surface area contributed by atoms with Gasteiger partial charge in [-0.15, -0.1) is 0 Å². The van der Waals surface area contributed by atoms with Crippen molar-refractivity contribution in [2.45, 2.75) is 359 Å². The van der Waals surface area contributed by atoms with Gasteiger partial charge in [0.2, 0.25) is 5.91 Å². The number of carbonyl (C=O) groups is 2. The molecular weight excluding hydrogens is 1040 g/mol. The second-order valence-electron chi connectivity index (χ2n) is 23.9. The topological polar surface area (TPSA) is 175 Å². The number of amides is 1. The predicted molar refractivity (Wildman–Crippen MR) is 347 cm³/mol. The van der Waals surface area contributed by atoms with E-state index in [4.69, 9.17) is 14.2 Å². The number of ether oxygens (including phenoxy) is 3. The molecule has 8 atom stereocenters. The number of nitrogens with one attached hydrogen (secondary N) is 1. The molecule has 0 aromatic rings. The second-order valence-corrected chi connectivity index (χ2v) is 23.9. The Hall–Kier alpha value is -2.90. The van der Waals surface area contributed by atoms with E-state index in [0.717, 1.165) is 89.9 Å². The van der Waals surface area contributed by atoms with Crippen molar-refractivity contribution in [2.75, 3.05) is 13.2 Å². The number of esters is 1. The minimum absolute atomic E-state index is 0.101. The van der Waals surface area contributed by atoms with Crippen molar-refractivity contribution >= 4 is 11.9 Å². The Morgan fingerprint density at radius 1 is 0.470 bits per heavy atom. The van der Waals surface area contributed by atoms with Crippen molar-refractivity contribution in [1.29, 1.82) is 0 Å². The molecule has 1 fully saturated rings. The van der Waals surface area contributed by atoms with Crippen LogP contribution in [0.5, 0.6) is 0 Å². The molecule has 8 unspecified atom stereocenters. The van der Waals surface area contributed by atoms with Crippen LogP contribution in [-0.4, -0.2) is 99.6 Å². The lowest BCUT2D eigenvalue weighted by molar-refractivity contribution is -0.305.